The third-order valence-electron chi connectivity index (χ3n) is 3.27. The smallest absolute Gasteiger partial charge is 0.261 e. The first kappa shape index (κ1) is 16.2. The Kier molecular flexibility index (Phi) is 6.15. The number of thiophene rings is 1. The monoisotopic (exact) mass is 316 g/mol. The molecule has 116 valence electrons. The third-order valence-corrected chi connectivity index (χ3v) is 4.14. The predicted octanol–water partition coefficient (Wildman–Crippen LogP) is 2.62. The molecule has 2 aromatic rings. The van der Waals surface area contributed by atoms with E-state index in [4.69, 9.17) is 0 Å². The minimum Gasteiger partial charge on any atom is -0.352 e. The van der Waals surface area contributed by atoms with E-state index >= 15 is 0 Å². The zero-order chi connectivity index (χ0) is 15.8. The summed E-state index contributed by atoms with van der Waals surface area (Å²) in [6.45, 7) is 1.98. The zero-order valence-electron chi connectivity index (χ0n) is 12.5. The van der Waals surface area contributed by atoms with Crippen LogP contribution in [0.3, 0.4) is 0 Å². The van der Waals surface area contributed by atoms with Crippen LogP contribution in [0.1, 0.15) is 28.6 Å². The van der Waals surface area contributed by atoms with Gasteiger partial charge in [-0.15, -0.1) is 11.3 Å². The molecule has 2 N–H and O–H groups in total. The number of nitrogens with one attached hydrogen (secondary N) is 2. The van der Waals surface area contributed by atoms with Gasteiger partial charge in [0.25, 0.3) is 5.91 Å². The Balaban J connectivity index is 1.67. The normalized spacial score (nSPS) is 11.7. The molecule has 0 saturated carbocycles. The molecule has 0 aliphatic heterocycles. The lowest BCUT2D eigenvalue weighted by Crippen LogP contribution is -2.40. The maximum absolute atomic E-state index is 11.8. The van der Waals surface area contributed by atoms with Gasteiger partial charge >= 0.3 is 0 Å². The van der Waals surface area contributed by atoms with Gasteiger partial charge in [-0.2, -0.15) is 0 Å². The standard InChI is InChI=1S/C17H20N2O2S/c1-13(9-10-14-6-3-2-4-7-14)19-16(20)12-18-17(21)15-8-5-11-22-15/h2-8,11,13H,9-10,12H2,1H3,(H,18,21)(H,19,20)/t13-/m0/s1. The van der Waals surface area contributed by atoms with Gasteiger partial charge in [-0.3, -0.25) is 9.59 Å². The van der Waals surface area contributed by atoms with Crippen LogP contribution in [0.4, 0.5) is 0 Å². The number of rotatable bonds is 7. The first-order valence-electron chi connectivity index (χ1n) is 7.30. The van der Waals surface area contributed by atoms with Crippen molar-refractivity contribution >= 4 is 23.2 Å². The molecule has 0 aliphatic rings. The Hall–Kier alpha value is -2.14. The van der Waals surface area contributed by atoms with Crippen LogP contribution in [-0.2, 0) is 11.2 Å². The summed E-state index contributed by atoms with van der Waals surface area (Å²) in [7, 11) is 0. The molecule has 0 bridgehead atoms. The van der Waals surface area contributed by atoms with E-state index < -0.39 is 0 Å². The Morgan fingerprint density at radius 3 is 2.59 bits per heavy atom. The summed E-state index contributed by atoms with van der Waals surface area (Å²) in [6.07, 6.45) is 1.79. The Morgan fingerprint density at radius 1 is 1.14 bits per heavy atom. The highest BCUT2D eigenvalue weighted by atomic mass is 32.1. The van der Waals surface area contributed by atoms with Crippen molar-refractivity contribution in [1.82, 2.24) is 10.6 Å². The van der Waals surface area contributed by atoms with Crippen molar-refractivity contribution in [2.24, 2.45) is 0 Å². The van der Waals surface area contributed by atoms with E-state index in [2.05, 4.69) is 22.8 Å². The summed E-state index contributed by atoms with van der Waals surface area (Å²) in [5.74, 6) is -0.368. The first-order chi connectivity index (χ1) is 10.6. The molecule has 1 aromatic heterocycles. The van der Waals surface area contributed by atoms with E-state index in [1.165, 1.54) is 16.9 Å². The van der Waals surface area contributed by atoms with Crippen LogP contribution in [0.2, 0.25) is 0 Å². The Bertz CT molecular complexity index is 596. The second-order valence-corrected chi connectivity index (χ2v) is 6.10. The van der Waals surface area contributed by atoms with Crippen LogP contribution in [0.5, 0.6) is 0 Å². The molecule has 0 aliphatic carbocycles. The van der Waals surface area contributed by atoms with E-state index in [1.807, 2.05) is 36.6 Å². The molecule has 2 rings (SSSR count). The summed E-state index contributed by atoms with van der Waals surface area (Å²) in [4.78, 5) is 24.2. The fourth-order valence-corrected chi connectivity index (χ4v) is 2.72. The average Bonchev–Trinajstić information content (AvgIpc) is 3.06. The number of aryl methyl sites for hydroxylation is 1. The van der Waals surface area contributed by atoms with Gasteiger partial charge in [0.2, 0.25) is 5.91 Å². The highest BCUT2D eigenvalue weighted by Crippen LogP contribution is 2.07. The lowest BCUT2D eigenvalue weighted by molar-refractivity contribution is -0.120. The predicted molar refractivity (Wildman–Crippen MR) is 89.0 cm³/mol. The minimum atomic E-state index is -0.206. The summed E-state index contributed by atoms with van der Waals surface area (Å²) in [5, 5.41) is 7.36. The van der Waals surface area contributed by atoms with Gasteiger partial charge in [-0.25, -0.2) is 0 Å². The van der Waals surface area contributed by atoms with E-state index in [9.17, 15) is 9.59 Å². The van der Waals surface area contributed by atoms with Gasteiger partial charge in [-0.1, -0.05) is 36.4 Å². The summed E-state index contributed by atoms with van der Waals surface area (Å²) < 4.78 is 0. The van der Waals surface area contributed by atoms with Crippen molar-refractivity contribution in [3.05, 3.63) is 58.3 Å². The second kappa shape index (κ2) is 8.34. The topological polar surface area (TPSA) is 58.2 Å². The third kappa shape index (κ3) is 5.33. The lowest BCUT2D eigenvalue weighted by atomic mass is 10.1. The van der Waals surface area contributed by atoms with Gasteiger partial charge < -0.3 is 10.6 Å². The SMILES string of the molecule is C[C@@H](CCc1ccccc1)NC(=O)CNC(=O)c1cccs1. The molecule has 0 radical (unpaired) electrons. The van der Waals surface area contributed by atoms with Crippen LogP contribution in [0.25, 0.3) is 0 Å². The van der Waals surface area contributed by atoms with Crippen molar-refractivity contribution in [3.63, 3.8) is 0 Å². The summed E-state index contributed by atoms with van der Waals surface area (Å²) in [5.41, 5.74) is 1.26. The number of hydrogen-bond acceptors (Lipinski definition) is 3. The molecule has 0 fully saturated rings. The molecule has 1 heterocycles. The molecular weight excluding hydrogens is 296 g/mol. The molecule has 1 atom stereocenters. The van der Waals surface area contributed by atoms with Crippen molar-refractivity contribution in [2.75, 3.05) is 6.54 Å². The molecule has 4 nitrogen and oxygen atoms in total. The van der Waals surface area contributed by atoms with Crippen molar-refractivity contribution in [3.8, 4) is 0 Å². The van der Waals surface area contributed by atoms with E-state index in [0.717, 1.165) is 12.8 Å². The maximum atomic E-state index is 11.8. The quantitative estimate of drug-likeness (QED) is 0.825. The number of carbonyl (C=O) groups excluding carboxylic acids is 2. The molecule has 22 heavy (non-hydrogen) atoms. The minimum absolute atomic E-state index is 0.00636. The van der Waals surface area contributed by atoms with E-state index in [0.29, 0.717) is 4.88 Å². The average molecular weight is 316 g/mol. The molecular formula is C17H20N2O2S. The van der Waals surface area contributed by atoms with Crippen molar-refractivity contribution < 1.29 is 9.59 Å². The molecule has 2 amide bonds. The van der Waals surface area contributed by atoms with E-state index in [1.54, 1.807) is 6.07 Å². The second-order valence-electron chi connectivity index (χ2n) is 5.15. The molecule has 5 heteroatoms. The fourth-order valence-electron chi connectivity index (χ4n) is 2.08. The molecule has 0 unspecified atom stereocenters. The lowest BCUT2D eigenvalue weighted by Gasteiger charge is -2.14. The highest BCUT2D eigenvalue weighted by Gasteiger charge is 2.10. The summed E-state index contributed by atoms with van der Waals surface area (Å²) >= 11 is 1.36. The van der Waals surface area contributed by atoms with Crippen LogP contribution in [-0.4, -0.2) is 24.4 Å². The first-order valence-corrected chi connectivity index (χ1v) is 8.18. The Labute approximate surface area is 134 Å². The number of benzene rings is 1. The zero-order valence-corrected chi connectivity index (χ0v) is 13.4. The van der Waals surface area contributed by atoms with Crippen LogP contribution >= 0.6 is 11.3 Å². The van der Waals surface area contributed by atoms with Gasteiger partial charge in [-0.05, 0) is 36.8 Å². The number of amides is 2. The van der Waals surface area contributed by atoms with Crippen LogP contribution in [0.15, 0.2) is 47.8 Å². The summed E-state index contributed by atoms with van der Waals surface area (Å²) in [6, 6.07) is 13.8. The highest BCUT2D eigenvalue weighted by molar-refractivity contribution is 7.12. The maximum Gasteiger partial charge on any atom is 0.261 e. The number of hydrogen-bond donors (Lipinski definition) is 2. The van der Waals surface area contributed by atoms with Gasteiger partial charge in [0, 0.05) is 6.04 Å². The van der Waals surface area contributed by atoms with Crippen LogP contribution in [0, 0.1) is 0 Å². The molecule has 1 aromatic carbocycles. The molecule has 0 saturated heterocycles. The van der Waals surface area contributed by atoms with E-state index in [-0.39, 0.29) is 24.4 Å². The molecule has 0 spiro atoms. The Morgan fingerprint density at radius 2 is 1.91 bits per heavy atom. The van der Waals surface area contributed by atoms with Crippen molar-refractivity contribution in [1.29, 1.82) is 0 Å². The van der Waals surface area contributed by atoms with Gasteiger partial charge in [0.05, 0.1) is 11.4 Å². The van der Waals surface area contributed by atoms with Crippen molar-refractivity contribution in [2.45, 2.75) is 25.8 Å². The van der Waals surface area contributed by atoms with Crippen LogP contribution < -0.4 is 10.6 Å². The largest absolute Gasteiger partial charge is 0.352 e. The fraction of sp³-hybridized carbons (Fsp3) is 0.294. The number of carbonyl (C=O) groups is 2. The van der Waals surface area contributed by atoms with Gasteiger partial charge in [0.15, 0.2) is 0 Å². The van der Waals surface area contributed by atoms with Gasteiger partial charge in [0.1, 0.15) is 0 Å².